The predicted molar refractivity (Wildman–Crippen MR) is 83.7 cm³/mol. The summed E-state index contributed by atoms with van der Waals surface area (Å²) in [4.78, 5) is 11.2. The van der Waals surface area contributed by atoms with Crippen LogP contribution >= 0.6 is 23.1 Å². The lowest BCUT2D eigenvalue weighted by atomic mass is 10.3. The van der Waals surface area contributed by atoms with Gasteiger partial charge in [-0.25, -0.2) is 9.97 Å². The predicted octanol–water partition coefficient (Wildman–Crippen LogP) is 4.47. The molecule has 1 aromatic carbocycles. The van der Waals surface area contributed by atoms with Crippen LogP contribution < -0.4 is 5.32 Å². The molecule has 5 heteroatoms. The van der Waals surface area contributed by atoms with Crippen LogP contribution in [0.3, 0.4) is 0 Å². The Morgan fingerprint density at radius 2 is 1.89 bits per heavy atom. The molecule has 96 valence electrons. The zero-order chi connectivity index (χ0) is 13.2. The van der Waals surface area contributed by atoms with Crippen LogP contribution in [0.4, 0.5) is 11.5 Å². The summed E-state index contributed by atoms with van der Waals surface area (Å²) in [6.45, 7) is 1.92. The van der Waals surface area contributed by atoms with Crippen molar-refractivity contribution in [1.29, 1.82) is 0 Å². The highest BCUT2D eigenvalue weighted by Gasteiger charge is 2.07. The SMILES string of the molecule is CSc1ccc(Nc2nc(C)nc3sccc23)cc1. The molecule has 0 amide bonds. The summed E-state index contributed by atoms with van der Waals surface area (Å²) in [5.41, 5.74) is 1.04. The number of nitrogens with one attached hydrogen (secondary N) is 1. The summed E-state index contributed by atoms with van der Waals surface area (Å²) < 4.78 is 0. The van der Waals surface area contributed by atoms with E-state index in [4.69, 9.17) is 0 Å². The minimum atomic E-state index is 0.790. The van der Waals surface area contributed by atoms with Gasteiger partial charge in [0.15, 0.2) is 0 Å². The highest BCUT2D eigenvalue weighted by molar-refractivity contribution is 7.98. The zero-order valence-electron chi connectivity index (χ0n) is 10.7. The van der Waals surface area contributed by atoms with Gasteiger partial charge in [0.25, 0.3) is 0 Å². The van der Waals surface area contributed by atoms with Gasteiger partial charge < -0.3 is 5.32 Å². The maximum absolute atomic E-state index is 4.49. The van der Waals surface area contributed by atoms with E-state index in [1.807, 2.05) is 12.3 Å². The van der Waals surface area contributed by atoms with E-state index < -0.39 is 0 Å². The molecule has 1 N–H and O–H groups in total. The van der Waals surface area contributed by atoms with Gasteiger partial charge in [-0.05, 0) is 48.9 Å². The van der Waals surface area contributed by atoms with Crippen molar-refractivity contribution in [3.05, 3.63) is 41.5 Å². The summed E-state index contributed by atoms with van der Waals surface area (Å²) in [5, 5.41) is 6.49. The van der Waals surface area contributed by atoms with E-state index in [1.165, 1.54) is 4.90 Å². The van der Waals surface area contributed by atoms with Crippen LogP contribution in [0.15, 0.2) is 40.6 Å². The van der Waals surface area contributed by atoms with Gasteiger partial charge in [0.1, 0.15) is 16.5 Å². The van der Waals surface area contributed by atoms with Gasteiger partial charge in [0.05, 0.1) is 5.39 Å². The Morgan fingerprint density at radius 1 is 1.11 bits per heavy atom. The number of aryl methyl sites for hydroxylation is 1. The molecule has 0 spiro atoms. The molecule has 2 aromatic heterocycles. The van der Waals surface area contributed by atoms with Crippen molar-refractivity contribution in [2.75, 3.05) is 11.6 Å². The van der Waals surface area contributed by atoms with E-state index in [-0.39, 0.29) is 0 Å². The molecule has 0 saturated heterocycles. The molecule has 0 atom stereocenters. The number of rotatable bonds is 3. The lowest BCUT2D eigenvalue weighted by Crippen LogP contribution is -1.97. The Morgan fingerprint density at radius 3 is 2.63 bits per heavy atom. The van der Waals surface area contributed by atoms with E-state index >= 15 is 0 Å². The van der Waals surface area contributed by atoms with Gasteiger partial charge in [-0.1, -0.05) is 0 Å². The maximum Gasteiger partial charge on any atom is 0.142 e. The molecule has 0 aliphatic rings. The Bertz CT molecular complexity index is 704. The molecule has 0 saturated carbocycles. The average molecular weight is 287 g/mol. The van der Waals surface area contributed by atoms with Crippen LogP contribution in [-0.4, -0.2) is 16.2 Å². The van der Waals surface area contributed by atoms with Gasteiger partial charge in [0, 0.05) is 10.6 Å². The zero-order valence-corrected chi connectivity index (χ0v) is 12.3. The quantitative estimate of drug-likeness (QED) is 0.721. The van der Waals surface area contributed by atoms with Crippen molar-refractivity contribution in [1.82, 2.24) is 9.97 Å². The third-order valence-electron chi connectivity index (χ3n) is 2.79. The molecule has 2 heterocycles. The second kappa shape index (κ2) is 5.19. The lowest BCUT2D eigenvalue weighted by Gasteiger charge is -2.08. The summed E-state index contributed by atoms with van der Waals surface area (Å²) in [6.07, 6.45) is 2.07. The minimum absolute atomic E-state index is 0.790. The average Bonchev–Trinajstić information content (AvgIpc) is 2.88. The van der Waals surface area contributed by atoms with Crippen LogP contribution in [0, 0.1) is 6.92 Å². The van der Waals surface area contributed by atoms with Gasteiger partial charge in [-0.3, -0.25) is 0 Å². The molecular formula is C14H13N3S2. The first-order valence-electron chi connectivity index (χ1n) is 5.89. The van der Waals surface area contributed by atoms with Crippen molar-refractivity contribution in [3.63, 3.8) is 0 Å². The van der Waals surface area contributed by atoms with Gasteiger partial charge in [0.2, 0.25) is 0 Å². The fourth-order valence-corrected chi connectivity index (χ4v) is 3.09. The van der Waals surface area contributed by atoms with Crippen molar-refractivity contribution < 1.29 is 0 Å². The van der Waals surface area contributed by atoms with Crippen LogP contribution in [0.1, 0.15) is 5.82 Å². The number of thioether (sulfide) groups is 1. The fraction of sp³-hybridized carbons (Fsp3) is 0.143. The Balaban J connectivity index is 1.97. The van der Waals surface area contributed by atoms with Crippen LogP contribution in [-0.2, 0) is 0 Å². The summed E-state index contributed by atoms with van der Waals surface area (Å²) in [6, 6.07) is 10.4. The monoisotopic (exact) mass is 287 g/mol. The Kier molecular flexibility index (Phi) is 3.40. The van der Waals surface area contributed by atoms with E-state index in [2.05, 4.69) is 51.9 Å². The molecule has 0 radical (unpaired) electrons. The number of aromatic nitrogens is 2. The van der Waals surface area contributed by atoms with Crippen molar-refractivity contribution in [2.45, 2.75) is 11.8 Å². The van der Waals surface area contributed by atoms with Crippen LogP contribution in [0.2, 0.25) is 0 Å². The summed E-state index contributed by atoms with van der Waals surface area (Å²) >= 11 is 3.38. The molecule has 19 heavy (non-hydrogen) atoms. The molecule has 0 aliphatic carbocycles. The van der Waals surface area contributed by atoms with E-state index in [1.54, 1.807) is 23.1 Å². The maximum atomic E-state index is 4.49. The largest absolute Gasteiger partial charge is 0.340 e. The van der Waals surface area contributed by atoms with E-state index in [9.17, 15) is 0 Å². The second-order valence-corrected chi connectivity index (χ2v) is 5.89. The second-order valence-electron chi connectivity index (χ2n) is 4.11. The number of nitrogens with zero attached hydrogens (tertiary/aromatic N) is 2. The minimum Gasteiger partial charge on any atom is -0.340 e. The number of hydrogen-bond acceptors (Lipinski definition) is 5. The lowest BCUT2D eigenvalue weighted by molar-refractivity contribution is 1.10. The van der Waals surface area contributed by atoms with Crippen LogP contribution in [0.5, 0.6) is 0 Å². The van der Waals surface area contributed by atoms with Gasteiger partial charge in [-0.2, -0.15) is 0 Å². The Hall–Kier alpha value is -1.59. The smallest absolute Gasteiger partial charge is 0.142 e. The third kappa shape index (κ3) is 2.57. The first kappa shape index (κ1) is 12.4. The topological polar surface area (TPSA) is 37.8 Å². The normalized spacial score (nSPS) is 10.8. The molecular weight excluding hydrogens is 274 g/mol. The van der Waals surface area contributed by atoms with Crippen molar-refractivity contribution >= 4 is 44.8 Å². The molecule has 3 nitrogen and oxygen atoms in total. The van der Waals surface area contributed by atoms with Gasteiger partial charge >= 0.3 is 0 Å². The molecule has 3 rings (SSSR count). The fourth-order valence-electron chi connectivity index (χ4n) is 1.87. The number of fused-ring (bicyclic) bond motifs is 1. The van der Waals surface area contributed by atoms with E-state index in [0.717, 1.165) is 27.5 Å². The Labute approximate surface area is 120 Å². The number of anilines is 2. The van der Waals surface area contributed by atoms with Gasteiger partial charge in [-0.15, -0.1) is 23.1 Å². The number of benzene rings is 1. The molecule has 0 aliphatic heterocycles. The highest BCUT2D eigenvalue weighted by Crippen LogP contribution is 2.28. The first-order chi connectivity index (χ1) is 9.26. The van der Waals surface area contributed by atoms with Crippen molar-refractivity contribution in [2.24, 2.45) is 0 Å². The number of thiophene rings is 1. The molecule has 3 aromatic rings. The molecule has 0 unspecified atom stereocenters. The summed E-state index contributed by atoms with van der Waals surface area (Å²) in [5.74, 6) is 1.67. The first-order valence-corrected chi connectivity index (χ1v) is 7.99. The highest BCUT2D eigenvalue weighted by atomic mass is 32.2. The van der Waals surface area contributed by atoms with E-state index in [0.29, 0.717) is 0 Å². The van der Waals surface area contributed by atoms with Crippen LogP contribution in [0.25, 0.3) is 10.2 Å². The number of hydrogen-bond donors (Lipinski definition) is 1. The van der Waals surface area contributed by atoms with Crippen molar-refractivity contribution in [3.8, 4) is 0 Å². The molecule has 0 bridgehead atoms. The third-order valence-corrected chi connectivity index (χ3v) is 4.34. The summed E-state index contributed by atoms with van der Waals surface area (Å²) in [7, 11) is 0. The molecule has 0 fully saturated rings. The standard InChI is InChI=1S/C14H13N3S2/c1-9-15-13(12-7-8-19-14(12)16-9)17-10-3-5-11(18-2)6-4-10/h3-8H,1-2H3,(H,15,16,17).